The largest absolute Gasteiger partial charge is 0.295 e. The van der Waals surface area contributed by atoms with Crippen LogP contribution in [0.5, 0.6) is 0 Å². The molecule has 1 saturated heterocycles. The average molecular weight is 297 g/mol. The van der Waals surface area contributed by atoms with Crippen LogP contribution in [0.2, 0.25) is 0 Å². The molecule has 0 N–H and O–H groups in total. The van der Waals surface area contributed by atoms with E-state index in [0.29, 0.717) is 5.56 Å². The van der Waals surface area contributed by atoms with Gasteiger partial charge in [-0.25, -0.2) is 4.39 Å². The van der Waals surface area contributed by atoms with Crippen LogP contribution in [-0.2, 0) is 6.54 Å². The monoisotopic (exact) mass is 297 g/mol. The highest BCUT2D eigenvalue weighted by molar-refractivity contribution is 5.79. The minimum atomic E-state index is -0.228. The number of piperazine rings is 1. The summed E-state index contributed by atoms with van der Waals surface area (Å²) in [5.41, 5.74) is 1.88. The number of nitrogens with zero attached hydrogens (tertiary/aromatic N) is 3. The van der Waals surface area contributed by atoms with Crippen molar-refractivity contribution >= 4 is 6.21 Å². The number of hydrogen-bond acceptors (Lipinski definition) is 3. The van der Waals surface area contributed by atoms with E-state index in [1.807, 2.05) is 17.1 Å². The molecule has 4 heteroatoms. The Morgan fingerprint density at radius 2 is 1.59 bits per heavy atom. The fraction of sp³-hybridized carbons (Fsp3) is 0.278. The number of rotatable bonds is 4. The van der Waals surface area contributed by atoms with Crippen molar-refractivity contribution in [2.24, 2.45) is 5.10 Å². The van der Waals surface area contributed by atoms with Gasteiger partial charge in [-0.2, -0.15) is 5.10 Å². The minimum absolute atomic E-state index is 0.228. The summed E-state index contributed by atoms with van der Waals surface area (Å²) in [6, 6.07) is 17.2. The van der Waals surface area contributed by atoms with E-state index in [4.69, 9.17) is 0 Å². The van der Waals surface area contributed by atoms with Crippen LogP contribution in [0.15, 0.2) is 59.7 Å². The lowest BCUT2D eigenvalue weighted by atomic mass is 10.2. The van der Waals surface area contributed by atoms with Crippen molar-refractivity contribution in [1.29, 1.82) is 0 Å². The number of halogens is 1. The van der Waals surface area contributed by atoms with Gasteiger partial charge in [0, 0.05) is 38.3 Å². The maximum Gasteiger partial charge on any atom is 0.132 e. The quantitative estimate of drug-likeness (QED) is 0.808. The van der Waals surface area contributed by atoms with Gasteiger partial charge in [-0.3, -0.25) is 9.91 Å². The second kappa shape index (κ2) is 7.18. The predicted molar refractivity (Wildman–Crippen MR) is 87.3 cm³/mol. The molecule has 22 heavy (non-hydrogen) atoms. The van der Waals surface area contributed by atoms with Crippen LogP contribution >= 0.6 is 0 Å². The van der Waals surface area contributed by atoms with E-state index in [0.717, 1.165) is 32.7 Å². The van der Waals surface area contributed by atoms with Crippen molar-refractivity contribution in [3.05, 3.63) is 71.5 Å². The number of hydrazone groups is 1. The van der Waals surface area contributed by atoms with Crippen LogP contribution < -0.4 is 0 Å². The lowest BCUT2D eigenvalue weighted by Gasteiger charge is -2.33. The summed E-state index contributed by atoms with van der Waals surface area (Å²) in [6.07, 6.45) is 1.61. The summed E-state index contributed by atoms with van der Waals surface area (Å²) in [6.45, 7) is 4.67. The molecule has 0 amide bonds. The van der Waals surface area contributed by atoms with Gasteiger partial charge in [-0.05, 0) is 11.6 Å². The molecule has 0 radical (unpaired) electrons. The Bertz CT molecular complexity index is 619. The summed E-state index contributed by atoms with van der Waals surface area (Å²) in [7, 11) is 0. The molecule has 1 aliphatic rings. The Kier molecular flexibility index (Phi) is 4.81. The van der Waals surface area contributed by atoms with Crippen LogP contribution in [0.3, 0.4) is 0 Å². The molecule has 0 unspecified atom stereocenters. The first-order valence-corrected chi connectivity index (χ1v) is 7.61. The maximum absolute atomic E-state index is 13.5. The zero-order valence-electron chi connectivity index (χ0n) is 12.5. The van der Waals surface area contributed by atoms with Crippen LogP contribution in [0, 0.1) is 5.82 Å². The molecule has 1 heterocycles. The highest BCUT2D eigenvalue weighted by atomic mass is 19.1. The van der Waals surface area contributed by atoms with E-state index in [2.05, 4.69) is 34.3 Å². The van der Waals surface area contributed by atoms with E-state index in [1.54, 1.807) is 18.3 Å². The van der Waals surface area contributed by atoms with Gasteiger partial charge in [0.1, 0.15) is 5.82 Å². The molecule has 0 aromatic heterocycles. The molecular formula is C18H20FN3. The van der Waals surface area contributed by atoms with E-state index in [1.165, 1.54) is 11.6 Å². The minimum Gasteiger partial charge on any atom is -0.295 e. The lowest BCUT2D eigenvalue weighted by Crippen LogP contribution is -2.43. The smallest absolute Gasteiger partial charge is 0.132 e. The number of hydrogen-bond donors (Lipinski definition) is 0. The molecule has 0 saturated carbocycles. The second-order valence-corrected chi connectivity index (χ2v) is 5.48. The van der Waals surface area contributed by atoms with Gasteiger partial charge in [0.25, 0.3) is 0 Å². The van der Waals surface area contributed by atoms with Gasteiger partial charge < -0.3 is 0 Å². The SMILES string of the molecule is Fc1ccccc1C=NN1CCN(Cc2ccccc2)CC1. The Hall–Kier alpha value is -2.20. The van der Waals surface area contributed by atoms with Gasteiger partial charge in [0.15, 0.2) is 0 Å². The van der Waals surface area contributed by atoms with Gasteiger partial charge >= 0.3 is 0 Å². The third-order valence-corrected chi connectivity index (χ3v) is 3.86. The molecule has 2 aromatic carbocycles. The molecule has 2 aromatic rings. The molecular weight excluding hydrogens is 277 g/mol. The fourth-order valence-electron chi connectivity index (χ4n) is 2.58. The first-order valence-electron chi connectivity index (χ1n) is 7.61. The van der Waals surface area contributed by atoms with Crippen molar-refractivity contribution in [1.82, 2.24) is 9.91 Å². The Morgan fingerprint density at radius 3 is 2.32 bits per heavy atom. The molecule has 1 fully saturated rings. The van der Waals surface area contributed by atoms with Crippen LogP contribution in [-0.4, -0.2) is 42.3 Å². The molecule has 0 atom stereocenters. The van der Waals surface area contributed by atoms with Crippen LogP contribution in [0.1, 0.15) is 11.1 Å². The van der Waals surface area contributed by atoms with E-state index in [9.17, 15) is 4.39 Å². The van der Waals surface area contributed by atoms with Crippen molar-refractivity contribution in [2.45, 2.75) is 6.54 Å². The highest BCUT2D eigenvalue weighted by Crippen LogP contribution is 2.09. The highest BCUT2D eigenvalue weighted by Gasteiger charge is 2.15. The Balaban J connectivity index is 1.51. The van der Waals surface area contributed by atoms with Crippen molar-refractivity contribution in [3.63, 3.8) is 0 Å². The zero-order valence-corrected chi connectivity index (χ0v) is 12.5. The Morgan fingerprint density at radius 1 is 0.909 bits per heavy atom. The van der Waals surface area contributed by atoms with Gasteiger partial charge in [-0.15, -0.1) is 0 Å². The molecule has 114 valence electrons. The van der Waals surface area contributed by atoms with Crippen molar-refractivity contribution in [2.75, 3.05) is 26.2 Å². The molecule has 3 rings (SSSR count). The third-order valence-electron chi connectivity index (χ3n) is 3.86. The molecule has 0 bridgehead atoms. The molecule has 3 nitrogen and oxygen atoms in total. The van der Waals surface area contributed by atoms with Gasteiger partial charge in [0.2, 0.25) is 0 Å². The van der Waals surface area contributed by atoms with E-state index >= 15 is 0 Å². The maximum atomic E-state index is 13.5. The second-order valence-electron chi connectivity index (χ2n) is 5.48. The van der Waals surface area contributed by atoms with Crippen LogP contribution in [0.25, 0.3) is 0 Å². The Labute approximate surface area is 130 Å². The van der Waals surface area contributed by atoms with Crippen molar-refractivity contribution < 1.29 is 4.39 Å². The van der Waals surface area contributed by atoms with Gasteiger partial charge in [-0.1, -0.05) is 48.5 Å². The normalized spacial score (nSPS) is 16.3. The molecule has 0 aliphatic carbocycles. The summed E-state index contributed by atoms with van der Waals surface area (Å²) in [5.74, 6) is -0.228. The molecule has 0 spiro atoms. The zero-order chi connectivity index (χ0) is 15.2. The topological polar surface area (TPSA) is 18.8 Å². The molecule has 1 aliphatic heterocycles. The standard InChI is InChI=1S/C18H20FN3/c19-18-9-5-4-8-17(18)14-20-22-12-10-21(11-13-22)15-16-6-2-1-3-7-16/h1-9,14H,10-13,15H2. The number of benzene rings is 2. The average Bonchev–Trinajstić information content (AvgIpc) is 2.56. The summed E-state index contributed by atoms with van der Waals surface area (Å²) < 4.78 is 13.5. The first-order chi connectivity index (χ1) is 10.8. The summed E-state index contributed by atoms with van der Waals surface area (Å²) >= 11 is 0. The third kappa shape index (κ3) is 3.92. The summed E-state index contributed by atoms with van der Waals surface area (Å²) in [5, 5.41) is 6.41. The van der Waals surface area contributed by atoms with E-state index in [-0.39, 0.29) is 5.82 Å². The first kappa shape index (κ1) is 14.7. The predicted octanol–water partition coefficient (Wildman–Crippen LogP) is 2.98. The van der Waals surface area contributed by atoms with Crippen molar-refractivity contribution in [3.8, 4) is 0 Å². The lowest BCUT2D eigenvalue weighted by molar-refractivity contribution is 0.131. The van der Waals surface area contributed by atoms with Crippen LogP contribution in [0.4, 0.5) is 4.39 Å². The summed E-state index contributed by atoms with van der Waals surface area (Å²) in [4.78, 5) is 2.42. The van der Waals surface area contributed by atoms with Gasteiger partial charge in [0.05, 0.1) is 6.21 Å². The fourth-order valence-corrected chi connectivity index (χ4v) is 2.58. The van der Waals surface area contributed by atoms with E-state index < -0.39 is 0 Å².